The summed E-state index contributed by atoms with van der Waals surface area (Å²) in [5, 5.41) is 2.76. The minimum absolute atomic E-state index is 0.0771. The van der Waals surface area contributed by atoms with Crippen LogP contribution in [0.2, 0.25) is 0 Å². The average Bonchev–Trinajstić information content (AvgIpc) is 2.71. The largest absolute Gasteiger partial charge is 0.348 e. The predicted octanol–water partition coefficient (Wildman–Crippen LogP) is 1.09. The van der Waals surface area contributed by atoms with Crippen LogP contribution >= 0.6 is 0 Å². The fourth-order valence-electron chi connectivity index (χ4n) is 2.09. The van der Waals surface area contributed by atoms with Crippen molar-refractivity contribution in [1.82, 2.24) is 10.2 Å². The van der Waals surface area contributed by atoms with Gasteiger partial charge in [-0.3, -0.25) is 9.59 Å². The number of carbonyl (C=O) groups excluding carboxylic acids is 2. The second kappa shape index (κ2) is 5.49. The Kier molecular flexibility index (Phi) is 3.77. The molecule has 4 heteroatoms. The van der Waals surface area contributed by atoms with Gasteiger partial charge in [0.1, 0.15) is 0 Å². The van der Waals surface area contributed by atoms with Crippen LogP contribution in [0.3, 0.4) is 0 Å². The minimum atomic E-state index is -0.227. The molecule has 1 heterocycles. The molecule has 0 aromatic heterocycles. The van der Waals surface area contributed by atoms with Crippen molar-refractivity contribution in [2.75, 3.05) is 6.54 Å². The molecule has 1 atom stereocenters. The van der Waals surface area contributed by atoms with E-state index >= 15 is 0 Å². The van der Waals surface area contributed by atoms with Gasteiger partial charge in [0.25, 0.3) is 0 Å². The van der Waals surface area contributed by atoms with E-state index in [1.807, 2.05) is 30.3 Å². The van der Waals surface area contributed by atoms with Crippen molar-refractivity contribution in [1.29, 1.82) is 0 Å². The zero-order valence-electron chi connectivity index (χ0n) is 10.1. The van der Waals surface area contributed by atoms with Gasteiger partial charge in [0.2, 0.25) is 11.8 Å². The molecule has 1 unspecified atom stereocenters. The third-order valence-corrected chi connectivity index (χ3v) is 2.96. The molecule has 4 nitrogen and oxygen atoms in total. The van der Waals surface area contributed by atoms with E-state index in [9.17, 15) is 9.59 Å². The Morgan fingerprint density at radius 1 is 1.44 bits per heavy atom. The van der Waals surface area contributed by atoms with E-state index in [-0.39, 0.29) is 17.9 Å². The molecule has 1 aliphatic rings. The molecule has 0 saturated carbocycles. The molecule has 0 aliphatic carbocycles. The number of amides is 2. The first-order valence-corrected chi connectivity index (χ1v) is 5.93. The standard InChI is InChI=1S/C14H16N2O2/c1-2-13(17)15-12-8-14(18)16(10-12)9-11-6-4-3-5-7-11/h2-7,12H,1,8-10H2,(H,15,17). The molecule has 94 valence electrons. The van der Waals surface area contributed by atoms with Crippen molar-refractivity contribution < 1.29 is 9.59 Å². The Labute approximate surface area is 106 Å². The lowest BCUT2D eigenvalue weighted by molar-refractivity contribution is -0.128. The molecule has 0 spiro atoms. The lowest BCUT2D eigenvalue weighted by atomic mass is 10.2. The second-order valence-electron chi connectivity index (χ2n) is 4.37. The van der Waals surface area contributed by atoms with Crippen LogP contribution in [-0.4, -0.2) is 29.3 Å². The third-order valence-electron chi connectivity index (χ3n) is 2.96. The molecule has 18 heavy (non-hydrogen) atoms. The zero-order valence-corrected chi connectivity index (χ0v) is 10.1. The van der Waals surface area contributed by atoms with Gasteiger partial charge in [0.05, 0.1) is 6.04 Å². The van der Waals surface area contributed by atoms with Crippen LogP contribution in [-0.2, 0) is 16.1 Å². The van der Waals surface area contributed by atoms with E-state index < -0.39 is 0 Å². The molecule has 1 fully saturated rings. The number of benzene rings is 1. The fourth-order valence-corrected chi connectivity index (χ4v) is 2.09. The summed E-state index contributed by atoms with van der Waals surface area (Å²) in [4.78, 5) is 24.8. The van der Waals surface area contributed by atoms with Gasteiger partial charge >= 0.3 is 0 Å². The smallest absolute Gasteiger partial charge is 0.243 e. The topological polar surface area (TPSA) is 49.4 Å². The molecule has 1 aliphatic heterocycles. The Morgan fingerprint density at radius 2 is 2.17 bits per heavy atom. The van der Waals surface area contributed by atoms with Crippen LogP contribution in [0.25, 0.3) is 0 Å². The van der Waals surface area contributed by atoms with Gasteiger partial charge in [-0.05, 0) is 11.6 Å². The maximum Gasteiger partial charge on any atom is 0.243 e. The summed E-state index contributed by atoms with van der Waals surface area (Å²) in [7, 11) is 0. The normalized spacial score (nSPS) is 18.8. The van der Waals surface area contributed by atoms with E-state index in [0.717, 1.165) is 5.56 Å². The highest BCUT2D eigenvalue weighted by molar-refractivity contribution is 5.88. The van der Waals surface area contributed by atoms with Crippen LogP contribution < -0.4 is 5.32 Å². The molecule has 1 aromatic rings. The van der Waals surface area contributed by atoms with Crippen molar-refractivity contribution in [3.63, 3.8) is 0 Å². The van der Waals surface area contributed by atoms with Gasteiger partial charge < -0.3 is 10.2 Å². The van der Waals surface area contributed by atoms with Gasteiger partial charge in [-0.25, -0.2) is 0 Å². The first-order chi connectivity index (χ1) is 8.69. The highest BCUT2D eigenvalue weighted by Gasteiger charge is 2.29. The Balaban J connectivity index is 1.93. The maximum absolute atomic E-state index is 11.8. The minimum Gasteiger partial charge on any atom is -0.348 e. The van der Waals surface area contributed by atoms with Gasteiger partial charge in [-0.15, -0.1) is 0 Å². The monoisotopic (exact) mass is 244 g/mol. The van der Waals surface area contributed by atoms with Crippen molar-refractivity contribution in [2.24, 2.45) is 0 Å². The molecular formula is C14H16N2O2. The van der Waals surface area contributed by atoms with E-state index in [4.69, 9.17) is 0 Å². The summed E-state index contributed by atoms with van der Waals surface area (Å²) in [5.41, 5.74) is 1.10. The van der Waals surface area contributed by atoms with E-state index in [2.05, 4.69) is 11.9 Å². The fraction of sp³-hybridized carbons (Fsp3) is 0.286. The number of hydrogen-bond donors (Lipinski definition) is 1. The molecule has 2 amide bonds. The van der Waals surface area contributed by atoms with Gasteiger partial charge in [0.15, 0.2) is 0 Å². The number of nitrogens with one attached hydrogen (secondary N) is 1. The van der Waals surface area contributed by atoms with Crippen LogP contribution in [0.5, 0.6) is 0 Å². The summed E-state index contributed by atoms with van der Waals surface area (Å²) in [6, 6.07) is 9.72. The Hall–Kier alpha value is -2.10. The first-order valence-electron chi connectivity index (χ1n) is 5.93. The summed E-state index contributed by atoms with van der Waals surface area (Å²) in [6.45, 7) is 4.56. The molecule has 1 N–H and O–H groups in total. The molecule has 0 radical (unpaired) electrons. The Morgan fingerprint density at radius 3 is 2.83 bits per heavy atom. The predicted molar refractivity (Wildman–Crippen MR) is 68.6 cm³/mol. The van der Waals surface area contributed by atoms with Crippen molar-refractivity contribution in [3.05, 3.63) is 48.6 Å². The first kappa shape index (κ1) is 12.4. The van der Waals surface area contributed by atoms with E-state index in [0.29, 0.717) is 19.5 Å². The van der Waals surface area contributed by atoms with E-state index in [1.54, 1.807) is 4.90 Å². The number of rotatable bonds is 4. The van der Waals surface area contributed by atoms with Crippen LogP contribution in [0, 0.1) is 0 Å². The number of likely N-dealkylation sites (tertiary alicyclic amines) is 1. The van der Waals surface area contributed by atoms with Gasteiger partial charge in [-0.2, -0.15) is 0 Å². The summed E-state index contributed by atoms with van der Waals surface area (Å²) in [5.74, 6) is -0.150. The van der Waals surface area contributed by atoms with E-state index in [1.165, 1.54) is 6.08 Å². The summed E-state index contributed by atoms with van der Waals surface area (Å²) in [6.07, 6.45) is 1.59. The van der Waals surface area contributed by atoms with Crippen LogP contribution in [0.1, 0.15) is 12.0 Å². The SMILES string of the molecule is C=CC(=O)NC1CC(=O)N(Cc2ccccc2)C1. The number of nitrogens with zero attached hydrogens (tertiary/aromatic N) is 1. The molecular weight excluding hydrogens is 228 g/mol. The Bertz CT molecular complexity index is 456. The number of hydrogen-bond acceptors (Lipinski definition) is 2. The van der Waals surface area contributed by atoms with Crippen molar-refractivity contribution >= 4 is 11.8 Å². The van der Waals surface area contributed by atoms with Crippen molar-refractivity contribution in [3.8, 4) is 0 Å². The second-order valence-corrected chi connectivity index (χ2v) is 4.37. The lowest BCUT2D eigenvalue weighted by Gasteiger charge is -2.16. The average molecular weight is 244 g/mol. The van der Waals surface area contributed by atoms with Gasteiger partial charge in [0, 0.05) is 19.5 Å². The molecule has 1 saturated heterocycles. The van der Waals surface area contributed by atoms with Crippen molar-refractivity contribution in [2.45, 2.75) is 19.0 Å². The highest BCUT2D eigenvalue weighted by Crippen LogP contribution is 2.14. The lowest BCUT2D eigenvalue weighted by Crippen LogP contribution is -2.35. The maximum atomic E-state index is 11.8. The quantitative estimate of drug-likeness (QED) is 0.806. The van der Waals surface area contributed by atoms with Crippen LogP contribution in [0.15, 0.2) is 43.0 Å². The van der Waals surface area contributed by atoms with Gasteiger partial charge in [-0.1, -0.05) is 36.9 Å². The molecule has 0 bridgehead atoms. The highest BCUT2D eigenvalue weighted by atomic mass is 16.2. The molecule has 1 aromatic carbocycles. The third kappa shape index (κ3) is 2.97. The molecule has 2 rings (SSSR count). The zero-order chi connectivity index (χ0) is 13.0. The number of carbonyl (C=O) groups is 2. The van der Waals surface area contributed by atoms with Crippen LogP contribution in [0.4, 0.5) is 0 Å². The summed E-state index contributed by atoms with van der Waals surface area (Å²) >= 11 is 0. The summed E-state index contributed by atoms with van der Waals surface area (Å²) < 4.78 is 0.